The maximum absolute atomic E-state index is 13.6. The predicted octanol–water partition coefficient (Wildman–Crippen LogP) is 5.73. The molecule has 0 radical (unpaired) electrons. The summed E-state index contributed by atoms with van der Waals surface area (Å²) < 4.78 is 43.3. The van der Waals surface area contributed by atoms with Crippen LogP contribution in [0.3, 0.4) is 0 Å². The second kappa shape index (κ2) is 7.68. The summed E-state index contributed by atoms with van der Waals surface area (Å²) in [5.74, 6) is 0.283. The third-order valence-corrected chi connectivity index (χ3v) is 6.75. The Bertz CT molecular complexity index is 1040. The van der Waals surface area contributed by atoms with Gasteiger partial charge in [0.05, 0.1) is 10.9 Å². The minimum absolute atomic E-state index is 0.0972. The Morgan fingerprint density at radius 3 is 2.69 bits per heavy atom. The summed E-state index contributed by atoms with van der Waals surface area (Å²) in [5.41, 5.74) is 3.93. The Morgan fingerprint density at radius 1 is 1.24 bits per heavy atom. The van der Waals surface area contributed by atoms with Crippen molar-refractivity contribution in [2.75, 3.05) is 11.1 Å². The van der Waals surface area contributed by atoms with Crippen molar-refractivity contribution >= 4 is 33.5 Å². The van der Waals surface area contributed by atoms with Crippen molar-refractivity contribution in [2.45, 2.75) is 24.4 Å². The van der Waals surface area contributed by atoms with Crippen LogP contribution in [0.2, 0.25) is 0 Å². The third kappa shape index (κ3) is 3.90. The lowest BCUT2D eigenvalue weighted by atomic mass is 9.98. The fourth-order valence-electron chi connectivity index (χ4n) is 3.49. The minimum Gasteiger partial charge on any atom is -0.358 e. The van der Waals surface area contributed by atoms with Crippen molar-refractivity contribution in [3.05, 3.63) is 63.8 Å². The van der Waals surface area contributed by atoms with Crippen LogP contribution in [0.25, 0.3) is 11.4 Å². The number of benzene rings is 1. The molecule has 1 aliphatic heterocycles. The molecule has 2 atom stereocenters. The SMILES string of the molecule is Cc1cc(Br)ccc1[C@H]1SC[C@H](C(F)(F)F)Nc2c1c(-c1ccccn1)nn2C. The number of halogens is 4. The van der Waals surface area contributed by atoms with Gasteiger partial charge in [0.1, 0.15) is 17.6 Å². The number of nitrogens with zero attached hydrogens (tertiary/aromatic N) is 3. The lowest BCUT2D eigenvalue weighted by Crippen LogP contribution is -2.38. The van der Waals surface area contributed by atoms with Crippen LogP contribution < -0.4 is 5.32 Å². The van der Waals surface area contributed by atoms with E-state index in [1.54, 1.807) is 19.3 Å². The molecule has 1 N–H and O–H groups in total. The van der Waals surface area contributed by atoms with E-state index in [4.69, 9.17) is 0 Å². The summed E-state index contributed by atoms with van der Waals surface area (Å²) in [7, 11) is 1.66. The average molecular weight is 483 g/mol. The second-order valence-electron chi connectivity index (χ2n) is 6.90. The predicted molar refractivity (Wildman–Crippen MR) is 113 cm³/mol. The number of pyridine rings is 1. The Kier molecular flexibility index (Phi) is 5.37. The van der Waals surface area contributed by atoms with Crippen LogP contribution in [0, 0.1) is 6.92 Å². The first-order valence-corrected chi connectivity index (χ1v) is 10.8. The highest BCUT2D eigenvalue weighted by molar-refractivity contribution is 9.10. The van der Waals surface area contributed by atoms with Gasteiger partial charge in [0.2, 0.25) is 0 Å². The van der Waals surface area contributed by atoms with Crippen LogP contribution in [0.5, 0.6) is 0 Å². The summed E-state index contributed by atoms with van der Waals surface area (Å²) >= 11 is 4.74. The number of anilines is 1. The number of rotatable bonds is 2. The topological polar surface area (TPSA) is 42.7 Å². The van der Waals surface area contributed by atoms with Crippen LogP contribution in [0.15, 0.2) is 47.1 Å². The zero-order valence-corrected chi connectivity index (χ0v) is 18.1. The fraction of sp³-hybridized carbons (Fsp3) is 0.300. The zero-order valence-electron chi connectivity index (χ0n) is 15.7. The maximum atomic E-state index is 13.6. The third-order valence-electron chi connectivity index (χ3n) is 4.90. The monoisotopic (exact) mass is 482 g/mol. The van der Waals surface area contributed by atoms with Gasteiger partial charge in [-0.05, 0) is 42.3 Å². The van der Waals surface area contributed by atoms with Gasteiger partial charge in [-0.3, -0.25) is 9.67 Å². The highest BCUT2D eigenvalue weighted by Gasteiger charge is 2.44. The molecule has 0 amide bonds. The van der Waals surface area contributed by atoms with Crippen molar-refractivity contribution in [3.63, 3.8) is 0 Å². The Morgan fingerprint density at radius 2 is 2.03 bits per heavy atom. The van der Waals surface area contributed by atoms with Gasteiger partial charge in [-0.1, -0.05) is 28.1 Å². The average Bonchev–Trinajstić information content (AvgIpc) is 2.85. The molecule has 3 aromatic rings. The Balaban J connectivity index is 1.93. The molecule has 9 heteroatoms. The number of aryl methyl sites for hydroxylation is 2. The lowest BCUT2D eigenvalue weighted by Gasteiger charge is -2.20. The highest BCUT2D eigenvalue weighted by atomic mass is 79.9. The molecule has 0 aliphatic carbocycles. The molecule has 0 saturated carbocycles. The van der Waals surface area contributed by atoms with E-state index < -0.39 is 12.2 Å². The number of aromatic nitrogens is 3. The van der Waals surface area contributed by atoms with Crippen LogP contribution >= 0.6 is 27.7 Å². The van der Waals surface area contributed by atoms with E-state index in [1.807, 2.05) is 37.3 Å². The van der Waals surface area contributed by atoms with Gasteiger partial charge in [0, 0.05) is 29.0 Å². The van der Waals surface area contributed by atoms with Crippen molar-refractivity contribution in [1.29, 1.82) is 0 Å². The summed E-state index contributed by atoms with van der Waals surface area (Å²) in [5, 5.41) is 6.95. The first kappa shape index (κ1) is 20.3. The summed E-state index contributed by atoms with van der Waals surface area (Å²) in [6.45, 7) is 1.97. The number of alkyl halides is 3. The van der Waals surface area contributed by atoms with Gasteiger partial charge < -0.3 is 5.32 Å². The van der Waals surface area contributed by atoms with E-state index in [-0.39, 0.29) is 11.0 Å². The molecule has 4 nitrogen and oxygen atoms in total. The van der Waals surface area contributed by atoms with E-state index in [0.29, 0.717) is 17.2 Å². The van der Waals surface area contributed by atoms with Gasteiger partial charge in [0.25, 0.3) is 0 Å². The van der Waals surface area contributed by atoms with Crippen LogP contribution in [0.4, 0.5) is 19.0 Å². The molecule has 2 aromatic heterocycles. The molecule has 4 rings (SSSR count). The fourth-order valence-corrected chi connectivity index (χ4v) is 5.46. The molecular weight excluding hydrogens is 465 g/mol. The van der Waals surface area contributed by atoms with Gasteiger partial charge in [0.15, 0.2) is 0 Å². The number of nitrogens with one attached hydrogen (secondary N) is 1. The standard InChI is InChI=1S/C20H18BrF3N4S/c1-11-9-12(21)6-7-13(11)18-16-17(14-5-3-4-8-25-14)27-28(2)19(16)26-15(10-29-18)20(22,23)24/h3-9,15,18,26H,10H2,1-2H3/t15-,18-/m1/s1. The van der Waals surface area contributed by atoms with Crippen LogP contribution in [0.1, 0.15) is 21.9 Å². The molecule has 1 aromatic carbocycles. The van der Waals surface area contributed by atoms with E-state index in [2.05, 4.69) is 31.3 Å². The molecule has 152 valence electrons. The lowest BCUT2D eigenvalue weighted by molar-refractivity contribution is -0.137. The Labute approximate surface area is 179 Å². The number of thioether (sulfide) groups is 1. The van der Waals surface area contributed by atoms with Crippen molar-refractivity contribution in [2.24, 2.45) is 7.05 Å². The molecule has 3 heterocycles. The summed E-state index contributed by atoms with van der Waals surface area (Å²) in [6.07, 6.45) is -2.70. The summed E-state index contributed by atoms with van der Waals surface area (Å²) in [6, 6.07) is 9.67. The molecule has 29 heavy (non-hydrogen) atoms. The first-order valence-electron chi connectivity index (χ1n) is 8.95. The van der Waals surface area contributed by atoms with E-state index in [1.165, 1.54) is 16.4 Å². The molecule has 0 bridgehead atoms. The van der Waals surface area contributed by atoms with E-state index >= 15 is 0 Å². The highest BCUT2D eigenvalue weighted by Crippen LogP contribution is 2.48. The number of hydrogen-bond donors (Lipinski definition) is 1. The van der Waals surface area contributed by atoms with E-state index in [0.717, 1.165) is 21.2 Å². The normalized spacial score (nSPS) is 19.4. The first-order chi connectivity index (χ1) is 13.8. The minimum atomic E-state index is -4.36. The van der Waals surface area contributed by atoms with Crippen LogP contribution in [-0.4, -0.2) is 32.7 Å². The van der Waals surface area contributed by atoms with Gasteiger partial charge in [-0.25, -0.2) is 0 Å². The van der Waals surface area contributed by atoms with Gasteiger partial charge in [-0.2, -0.15) is 18.3 Å². The van der Waals surface area contributed by atoms with Gasteiger partial charge in [-0.15, -0.1) is 11.8 Å². The smallest absolute Gasteiger partial charge is 0.358 e. The molecule has 0 spiro atoms. The molecule has 1 aliphatic rings. The van der Waals surface area contributed by atoms with Crippen LogP contribution in [-0.2, 0) is 7.05 Å². The molecule has 0 unspecified atom stereocenters. The second-order valence-corrected chi connectivity index (χ2v) is 8.96. The van der Waals surface area contributed by atoms with Crippen molar-refractivity contribution < 1.29 is 13.2 Å². The number of fused-ring (bicyclic) bond motifs is 1. The van der Waals surface area contributed by atoms with Crippen molar-refractivity contribution in [1.82, 2.24) is 14.8 Å². The quantitative estimate of drug-likeness (QED) is 0.506. The van der Waals surface area contributed by atoms with E-state index in [9.17, 15) is 13.2 Å². The maximum Gasteiger partial charge on any atom is 0.409 e. The summed E-state index contributed by atoms with van der Waals surface area (Å²) in [4.78, 5) is 4.39. The van der Waals surface area contributed by atoms with Gasteiger partial charge >= 0.3 is 6.18 Å². The van der Waals surface area contributed by atoms with Crippen molar-refractivity contribution in [3.8, 4) is 11.4 Å². The number of hydrogen-bond acceptors (Lipinski definition) is 4. The zero-order chi connectivity index (χ0) is 20.8. The molecule has 0 saturated heterocycles. The molecular formula is C20H18BrF3N4S. The Hall–Kier alpha value is -2.00. The molecule has 0 fully saturated rings. The largest absolute Gasteiger partial charge is 0.409 e.